The summed E-state index contributed by atoms with van der Waals surface area (Å²) in [5, 5.41) is 6.73. The van der Waals surface area contributed by atoms with E-state index in [-0.39, 0.29) is 5.41 Å². The van der Waals surface area contributed by atoms with E-state index < -0.39 is 0 Å². The lowest BCUT2D eigenvalue weighted by Gasteiger charge is -2.21. The Hall–Kier alpha value is -1.69. The van der Waals surface area contributed by atoms with Crippen molar-refractivity contribution in [3.05, 3.63) is 28.0 Å². The van der Waals surface area contributed by atoms with E-state index in [4.69, 9.17) is 4.98 Å². The molecule has 0 saturated heterocycles. The first-order valence-corrected chi connectivity index (χ1v) is 8.04. The first kappa shape index (κ1) is 15.7. The number of hydrogen-bond donors (Lipinski definition) is 2. The molecule has 0 amide bonds. The molecule has 0 unspecified atom stereocenters. The van der Waals surface area contributed by atoms with E-state index in [9.17, 15) is 0 Å². The predicted molar refractivity (Wildman–Crippen MR) is 89.1 cm³/mol. The van der Waals surface area contributed by atoms with Crippen molar-refractivity contribution in [1.29, 1.82) is 0 Å². The molecule has 0 spiro atoms. The van der Waals surface area contributed by atoms with Gasteiger partial charge in [0.25, 0.3) is 0 Å². The molecule has 0 bridgehead atoms. The Kier molecular flexibility index (Phi) is 4.77. The van der Waals surface area contributed by atoms with Crippen molar-refractivity contribution in [3.8, 4) is 0 Å². The van der Waals surface area contributed by atoms with Gasteiger partial charge in [0, 0.05) is 28.6 Å². The van der Waals surface area contributed by atoms with Gasteiger partial charge in [-0.25, -0.2) is 9.97 Å². The Morgan fingerprint density at radius 1 is 1.14 bits per heavy atom. The molecule has 2 aromatic heterocycles. The molecule has 2 aromatic rings. The fourth-order valence-electron chi connectivity index (χ4n) is 1.86. The SMILES string of the molecule is CCNc1nc(C(C)(C)C)nc(NCc2cncs2)c1C. The van der Waals surface area contributed by atoms with Crippen LogP contribution < -0.4 is 10.6 Å². The van der Waals surface area contributed by atoms with E-state index in [1.165, 1.54) is 4.88 Å². The molecule has 0 saturated carbocycles. The van der Waals surface area contributed by atoms with Gasteiger partial charge in [-0.1, -0.05) is 20.8 Å². The number of nitrogens with zero attached hydrogens (tertiary/aromatic N) is 3. The molecule has 2 rings (SSSR count). The summed E-state index contributed by atoms with van der Waals surface area (Å²) < 4.78 is 0. The molecular weight excluding hydrogens is 282 g/mol. The van der Waals surface area contributed by atoms with Crippen molar-refractivity contribution < 1.29 is 0 Å². The number of hydrogen-bond acceptors (Lipinski definition) is 6. The number of rotatable bonds is 5. The van der Waals surface area contributed by atoms with Gasteiger partial charge >= 0.3 is 0 Å². The zero-order chi connectivity index (χ0) is 15.5. The standard InChI is InChI=1S/C15H23N5S/c1-6-17-12-10(2)13(18-8-11-7-16-9-21-11)20-14(19-12)15(3,4)5/h7,9H,6,8H2,1-5H3,(H2,17,18,19,20). The van der Waals surface area contributed by atoms with Crippen LogP contribution in [-0.2, 0) is 12.0 Å². The van der Waals surface area contributed by atoms with Gasteiger partial charge in [0.05, 0.1) is 12.1 Å². The highest BCUT2D eigenvalue weighted by Gasteiger charge is 2.21. The second-order valence-electron chi connectivity index (χ2n) is 5.97. The van der Waals surface area contributed by atoms with Crippen molar-refractivity contribution in [3.63, 3.8) is 0 Å². The highest BCUT2D eigenvalue weighted by molar-refractivity contribution is 7.09. The normalized spacial score (nSPS) is 11.5. The second kappa shape index (κ2) is 6.39. The zero-order valence-corrected chi connectivity index (χ0v) is 14.1. The first-order valence-electron chi connectivity index (χ1n) is 7.16. The second-order valence-corrected chi connectivity index (χ2v) is 6.94. The van der Waals surface area contributed by atoms with Crippen molar-refractivity contribution in [2.24, 2.45) is 0 Å². The Morgan fingerprint density at radius 3 is 2.33 bits per heavy atom. The fourth-order valence-corrected chi connectivity index (χ4v) is 2.40. The maximum absolute atomic E-state index is 4.71. The van der Waals surface area contributed by atoms with Crippen molar-refractivity contribution >= 4 is 23.0 Å². The summed E-state index contributed by atoms with van der Waals surface area (Å²) >= 11 is 1.64. The largest absolute Gasteiger partial charge is 0.370 e. The van der Waals surface area contributed by atoms with E-state index in [0.29, 0.717) is 0 Å². The van der Waals surface area contributed by atoms with Gasteiger partial charge in [0.1, 0.15) is 17.5 Å². The first-order chi connectivity index (χ1) is 9.91. The molecule has 21 heavy (non-hydrogen) atoms. The lowest BCUT2D eigenvalue weighted by molar-refractivity contribution is 0.546. The molecule has 0 radical (unpaired) electrons. The Morgan fingerprint density at radius 2 is 1.81 bits per heavy atom. The monoisotopic (exact) mass is 305 g/mol. The van der Waals surface area contributed by atoms with Crippen LogP contribution in [0, 0.1) is 6.92 Å². The van der Waals surface area contributed by atoms with Crippen molar-refractivity contribution in [2.45, 2.75) is 46.6 Å². The summed E-state index contributed by atoms with van der Waals surface area (Å²) in [5.41, 5.74) is 2.81. The van der Waals surface area contributed by atoms with Crippen molar-refractivity contribution in [2.75, 3.05) is 17.2 Å². The van der Waals surface area contributed by atoms with E-state index in [0.717, 1.165) is 36.1 Å². The Labute approximate surface area is 130 Å². The van der Waals surface area contributed by atoms with Crippen LogP contribution in [0.3, 0.4) is 0 Å². The molecule has 5 nitrogen and oxygen atoms in total. The lowest BCUT2D eigenvalue weighted by Crippen LogP contribution is -2.20. The predicted octanol–water partition coefficient (Wildman–Crippen LogP) is 3.58. The molecule has 0 aromatic carbocycles. The molecule has 2 N–H and O–H groups in total. The average molecular weight is 305 g/mol. The molecule has 0 atom stereocenters. The van der Waals surface area contributed by atoms with E-state index >= 15 is 0 Å². The lowest BCUT2D eigenvalue weighted by atomic mass is 9.95. The molecule has 114 valence electrons. The van der Waals surface area contributed by atoms with Gasteiger partial charge in [0.15, 0.2) is 0 Å². The summed E-state index contributed by atoms with van der Waals surface area (Å²) in [6, 6.07) is 0. The van der Waals surface area contributed by atoms with Crippen LogP contribution >= 0.6 is 11.3 Å². The van der Waals surface area contributed by atoms with Gasteiger partial charge in [-0.3, -0.25) is 4.98 Å². The van der Waals surface area contributed by atoms with Crippen LogP contribution in [0.5, 0.6) is 0 Å². The molecular formula is C15H23N5S. The van der Waals surface area contributed by atoms with Crippen LogP contribution in [0.2, 0.25) is 0 Å². The highest BCUT2D eigenvalue weighted by atomic mass is 32.1. The fraction of sp³-hybridized carbons (Fsp3) is 0.533. The Balaban J connectivity index is 2.31. The number of aromatic nitrogens is 3. The van der Waals surface area contributed by atoms with Crippen LogP contribution in [0.15, 0.2) is 11.7 Å². The number of thiazole rings is 1. The maximum Gasteiger partial charge on any atom is 0.138 e. The molecule has 0 aliphatic carbocycles. The van der Waals surface area contributed by atoms with Crippen LogP contribution in [0.4, 0.5) is 11.6 Å². The Bertz CT molecular complexity index is 587. The quantitative estimate of drug-likeness (QED) is 0.884. The van der Waals surface area contributed by atoms with Crippen molar-refractivity contribution in [1.82, 2.24) is 15.0 Å². The maximum atomic E-state index is 4.71. The minimum Gasteiger partial charge on any atom is -0.370 e. The third-order valence-corrected chi connectivity index (χ3v) is 3.85. The molecule has 0 aliphatic heterocycles. The average Bonchev–Trinajstić information content (AvgIpc) is 2.91. The summed E-state index contributed by atoms with van der Waals surface area (Å²) in [4.78, 5) is 14.7. The minimum absolute atomic E-state index is 0.0845. The molecule has 2 heterocycles. The number of nitrogens with one attached hydrogen (secondary N) is 2. The van der Waals surface area contributed by atoms with Crippen LogP contribution in [0.1, 0.15) is 44.0 Å². The van der Waals surface area contributed by atoms with Gasteiger partial charge in [-0.15, -0.1) is 11.3 Å². The minimum atomic E-state index is -0.0845. The third-order valence-electron chi connectivity index (χ3n) is 3.07. The molecule has 0 aliphatic rings. The van der Waals surface area contributed by atoms with Gasteiger partial charge < -0.3 is 10.6 Å². The van der Waals surface area contributed by atoms with Gasteiger partial charge in [-0.2, -0.15) is 0 Å². The molecule has 6 heteroatoms. The highest BCUT2D eigenvalue weighted by Crippen LogP contribution is 2.26. The summed E-state index contributed by atoms with van der Waals surface area (Å²) in [6.45, 7) is 12.1. The van der Waals surface area contributed by atoms with E-state index in [1.807, 2.05) is 18.6 Å². The zero-order valence-electron chi connectivity index (χ0n) is 13.3. The summed E-state index contributed by atoms with van der Waals surface area (Å²) in [7, 11) is 0. The topological polar surface area (TPSA) is 62.7 Å². The smallest absolute Gasteiger partial charge is 0.138 e. The van der Waals surface area contributed by atoms with E-state index in [1.54, 1.807) is 11.3 Å². The summed E-state index contributed by atoms with van der Waals surface area (Å²) in [6.07, 6.45) is 1.88. The van der Waals surface area contributed by atoms with E-state index in [2.05, 4.69) is 48.3 Å². The van der Waals surface area contributed by atoms with Gasteiger partial charge in [-0.05, 0) is 13.8 Å². The van der Waals surface area contributed by atoms with Crippen LogP contribution in [0.25, 0.3) is 0 Å². The molecule has 0 fully saturated rings. The van der Waals surface area contributed by atoms with Crippen LogP contribution in [-0.4, -0.2) is 21.5 Å². The van der Waals surface area contributed by atoms with Gasteiger partial charge in [0.2, 0.25) is 0 Å². The summed E-state index contributed by atoms with van der Waals surface area (Å²) in [5.74, 6) is 2.64. The third kappa shape index (κ3) is 3.91. The number of anilines is 2.